The van der Waals surface area contributed by atoms with Crippen molar-refractivity contribution in [2.24, 2.45) is 0 Å². The van der Waals surface area contributed by atoms with Crippen LogP contribution in [0.15, 0.2) is 65.6 Å². The van der Waals surface area contributed by atoms with Gasteiger partial charge in [-0.2, -0.15) is 4.31 Å². The third kappa shape index (κ3) is 5.72. The summed E-state index contributed by atoms with van der Waals surface area (Å²) in [5, 5.41) is 1.05. The van der Waals surface area contributed by atoms with Crippen LogP contribution < -0.4 is 9.64 Å². The zero-order chi connectivity index (χ0) is 27.7. The fourth-order valence-corrected chi connectivity index (χ4v) is 7.24. The second kappa shape index (κ2) is 11.6. The van der Waals surface area contributed by atoms with Gasteiger partial charge in [-0.1, -0.05) is 59.1 Å². The van der Waals surface area contributed by atoms with E-state index >= 15 is 0 Å². The predicted molar refractivity (Wildman–Crippen MR) is 155 cm³/mol. The largest absolute Gasteiger partial charge is 0.494 e. The van der Waals surface area contributed by atoms with Gasteiger partial charge in [-0.3, -0.25) is 4.79 Å². The first kappa shape index (κ1) is 28.1. The van der Waals surface area contributed by atoms with E-state index in [9.17, 15) is 13.2 Å². The van der Waals surface area contributed by atoms with Crippen molar-refractivity contribution in [3.63, 3.8) is 0 Å². The van der Waals surface area contributed by atoms with E-state index in [2.05, 4.69) is 4.90 Å². The van der Waals surface area contributed by atoms with Crippen molar-refractivity contribution in [2.45, 2.75) is 30.8 Å². The van der Waals surface area contributed by atoms with E-state index in [1.165, 1.54) is 16.4 Å². The first-order valence-electron chi connectivity index (χ1n) is 12.7. The molecule has 2 heterocycles. The minimum absolute atomic E-state index is 0.129. The number of benzene rings is 3. The molecule has 1 saturated heterocycles. The molecule has 0 saturated carbocycles. The molecule has 7 nitrogen and oxygen atoms in total. The van der Waals surface area contributed by atoms with Gasteiger partial charge in [0.15, 0.2) is 0 Å². The number of ether oxygens (including phenoxy) is 1. The standard InChI is InChI=1S/C28H28Cl3N3O4S/c1-2-38-22-7-9-23(10-8-22)39(36,37)34-18-20-6-4-3-5-19(20)15-26(34)28(35)33-13-11-32(12-14-33)21-16-24(29)27(31)25(30)17-21/h3-10,16-17,26H,2,11-15,18H2,1H3. The lowest BCUT2D eigenvalue weighted by molar-refractivity contribution is -0.136. The summed E-state index contributed by atoms with van der Waals surface area (Å²) in [6, 6.07) is 16.7. The van der Waals surface area contributed by atoms with Crippen molar-refractivity contribution in [3.05, 3.63) is 86.9 Å². The van der Waals surface area contributed by atoms with Crippen LogP contribution in [-0.4, -0.2) is 62.4 Å². The van der Waals surface area contributed by atoms with Crippen LogP contribution in [0.3, 0.4) is 0 Å². The summed E-state index contributed by atoms with van der Waals surface area (Å²) in [6.45, 7) is 4.45. The van der Waals surface area contributed by atoms with E-state index in [4.69, 9.17) is 39.5 Å². The molecule has 3 aromatic rings. The third-order valence-electron chi connectivity index (χ3n) is 7.16. The number of amides is 1. The van der Waals surface area contributed by atoms with Crippen molar-refractivity contribution < 1.29 is 17.9 Å². The number of carbonyl (C=O) groups excluding carboxylic acids is 1. The van der Waals surface area contributed by atoms with Crippen molar-refractivity contribution in [1.29, 1.82) is 0 Å². The molecule has 3 aromatic carbocycles. The maximum atomic E-state index is 13.9. The topological polar surface area (TPSA) is 70.2 Å². The minimum Gasteiger partial charge on any atom is -0.494 e. The SMILES string of the molecule is CCOc1ccc(S(=O)(=O)N2Cc3ccccc3CC2C(=O)N2CCN(c3cc(Cl)c(Cl)c(Cl)c3)CC2)cc1. The quantitative estimate of drug-likeness (QED) is 0.345. The van der Waals surface area contributed by atoms with E-state index in [1.54, 1.807) is 29.2 Å². The molecule has 39 heavy (non-hydrogen) atoms. The molecule has 0 aromatic heterocycles. The van der Waals surface area contributed by atoms with Gasteiger partial charge in [0.05, 0.1) is 26.6 Å². The zero-order valence-electron chi connectivity index (χ0n) is 21.3. The number of halogens is 3. The lowest BCUT2D eigenvalue weighted by Crippen LogP contribution is -2.57. The highest BCUT2D eigenvalue weighted by Crippen LogP contribution is 2.35. The Balaban J connectivity index is 1.38. The Bertz CT molecular complexity index is 1450. The second-order valence-electron chi connectivity index (χ2n) is 9.48. The number of hydrogen-bond donors (Lipinski definition) is 0. The van der Waals surface area contributed by atoms with Crippen LogP contribution >= 0.6 is 34.8 Å². The summed E-state index contributed by atoms with van der Waals surface area (Å²) < 4.78 is 34.5. The van der Waals surface area contributed by atoms with Crippen molar-refractivity contribution in [2.75, 3.05) is 37.7 Å². The van der Waals surface area contributed by atoms with Crippen LogP contribution in [0.5, 0.6) is 5.75 Å². The van der Waals surface area contributed by atoms with Crippen LogP contribution in [0, 0.1) is 0 Å². The van der Waals surface area contributed by atoms with Gasteiger partial charge in [0.2, 0.25) is 15.9 Å². The number of carbonyl (C=O) groups is 1. The molecular weight excluding hydrogens is 581 g/mol. The molecule has 0 radical (unpaired) electrons. The van der Waals surface area contributed by atoms with E-state index in [1.807, 2.05) is 31.2 Å². The summed E-state index contributed by atoms with van der Waals surface area (Å²) in [6.07, 6.45) is 0.313. The molecule has 1 amide bonds. The summed E-state index contributed by atoms with van der Waals surface area (Å²) in [4.78, 5) is 17.9. The van der Waals surface area contributed by atoms with E-state index < -0.39 is 16.1 Å². The highest BCUT2D eigenvalue weighted by molar-refractivity contribution is 7.89. The van der Waals surface area contributed by atoms with Gasteiger partial charge < -0.3 is 14.5 Å². The van der Waals surface area contributed by atoms with Gasteiger partial charge in [-0.25, -0.2) is 8.42 Å². The Kier molecular flexibility index (Phi) is 8.31. The third-order valence-corrected chi connectivity index (χ3v) is 10.2. The van der Waals surface area contributed by atoms with E-state index in [0.717, 1.165) is 16.8 Å². The fourth-order valence-electron chi connectivity index (χ4n) is 5.09. The maximum absolute atomic E-state index is 13.9. The maximum Gasteiger partial charge on any atom is 0.244 e. The average molecular weight is 609 g/mol. The Labute approximate surface area is 243 Å². The highest BCUT2D eigenvalue weighted by Gasteiger charge is 2.41. The molecule has 2 aliphatic rings. The average Bonchev–Trinajstić information content (AvgIpc) is 2.95. The van der Waals surface area contributed by atoms with Crippen molar-refractivity contribution in [3.8, 4) is 5.75 Å². The Hall–Kier alpha value is -2.49. The number of fused-ring (bicyclic) bond motifs is 1. The number of nitrogens with zero attached hydrogens (tertiary/aromatic N) is 3. The van der Waals surface area contributed by atoms with Crippen molar-refractivity contribution in [1.82, 2.24) is 9.21 Å². The first-order chi connectivity index (χ1) is 18.7. The monoisotopic (exact) mass is 607 g/mol. The molecule has 5 rings (SSSR count). The molecule has 0 spiro atoms. The Morgan fingerprint density at radius 2 is 1.54 bits per heavy atom. The van der Waals surface area contributed by atoms with E-state index in [-0.39, 0.29) is 17.3 Å². The number of hydrogen-bond acceptors (Lipinski definition) is 5. The summed E-state index contributed by atoms with van der Waals surface area (Å²) in [7, 11) is -3.96. The molecule has 1 atom stereocenters. The van der Waals surface area contributed by atoms with Gasteiger partial charge in [0.25, 0.3) is 0 Å². The van der Waals surface area contributed by atoms with Crippen LogP contribution in [0.25, 0.3) is 0 Å². The lowest BCUT2D eigenvalue weighted by Gasteiger charge is -2.41. The highest BCUT2D eigenvalue weighted by atomic mass is 35.5. The van der Waals surface area contributed by atoms with Crippen LogP contribution in [-0.2, 0) is 27.8 Å². The predicted octanol–water partition coefficient (Wildman–Crippen LogP) is 5.51. The Morgan fingerprint density at radius 3 is 2.15 bits per heavy atom. The summed E-state index contributed by atoms with van der Waals surface area (Å²) in [5.41, 5.74) is 2.71. The zero-order valence-corrected chi connectivity index (χ0v) is 24.4. The van der Waals surface area contributed by atoms with Crippen LogP contribution in [0.2, 0.25) is 15.1 Å². The van der Waals surface area contributed by atoms with Crippen LogP contribution in [0.1, 0.15) is 18.1 Å². The molecular formula is C28H28Cl3N3O4S. The van der Waals surface area contributed by atoms with Gasteiger partial charge in [0.1, 0.15) is 11.8 Å². The van der Waals surface area contributed by atoms with Gasteiger partial charge in [0, 0.05) is 38.4 Å². The van der Waals surface area contributed by atoms with Gasteiger partial charge >= 0.3 is 0 Å². The molecule has 1 unspecified atom stereocenters. The summed E-state index contributed by atoms with van der Waals surface area (Å²) in [5.74, 6) is 0.389. The number of anilines is 1. The first-order valence-corrected chi connectivity index (χ1v) is 15.3. The molecule has 1 fully saturated rings. The minimum atomic E-state index is -3.96. The van der Waals surface area contributed by atoms with Crippen LogP contribution in [0.4, 0.5) is 5.69 Å². The second-order valence-corrected chi connectivity index (χ2v) is 12.6. The molecule has 206 valence electrons. The molecule has 2 aliphatic heterocycles. The normalized spacial score (nSPS) is 18.1. The smallest absolute Gasteiger partial charge is 0.244 e. The Morgan fingerprint density at radius 1 is 0.923 bits per heavy atom. The number of piperazine rings is 1. The fraction of sp³-hybridized carbons (Fsp3) is 0.321. The van der Waals surface area contributed by atoms with Gasteiger partial charge in [-0.15, -0.1) is 0 Å². The lowest BCUT2D eigenvalue weighted by atomic mass is 9.95. The number of sulfonamides is 1. The molecule has 0 N–H and O–H groups in total. The molecule has 0 bridgehead atoms. The molecule has 11 heteroatoms. The van der Waals surface area contributed by atoms with E-state index in [0.29, 0.717) is 60.0 Å². The summed E-state index contributed by atoms with van der Waals surface area (Å²) >= 11 is 18.5. The number of rotatable bonds is 6. The van der Waals surface area contributed by atoms with Gasteiger partial charge in [-0.05, 0) is 60.9 Å². The van der Waals surface area contributed by atoms with Crippen molar-refractivity contribution >= 4 is 56.4 Å². The molecule has 0 aliphatic carbocycles.